The molecule has 0 radical (unpaired) electrons. The molecule has 2 amide bonds. The largest absolute Gasteiger partial charge is 0.322 e. The number of carbonyl (C=O) groups is 2. The molecular weight excluding hydrogens is 370 g/mol. The summed E-state index contributed by atoms with van der Waals surface area (Å²) in [6, 6.07) is 2.58. The third kappa shape index (κ3) is 4.51. The van der Waals surface area contributed by atoms with E-state index in [2.05, 4.69) is 20.6 Å². The number of nitrogens with zero attached hydrogens (tertiary/aromatic N) is 2. The molecule has 0 aliphatic heterocycles. The summed E-state index contributed by atoms with van der Waals surface area (Å²) in [5.41, 5.74) is -1.89. The summed E-state index contributed by atoms with van der Waals surface area (Å²) in [5.74, 6) is -1.63. The van der Waals surface area contributed by atoms with Crippen molar-refractivity contribution in [3.8, 4) is 0 Å². The van der Waals surface area contributed by atoms with E-state index in [1.165, 1.54) is 30.7 Å². The molecule has 1 heterocycles. The van der Waals surface area contributed by atoms with E-state index in [4.69, 9.17) is 34.8 Å². The maximum absolute atomic E-state index is 12.6. The van der Waals surface area contributed by atoms with Crippen molar-refractivity contribution in [2.45, 2.75) is 5.63 Å². The molecule has 1 unspecified atom stereocenters. The molecule has 0 saturated heterocycles. The summed E-state index contributed by atoms with van der Waals surface area (Å²) in [6.45, 7) is 0. The number of alkyl halides is 2. The van der Waals surface area contributed by atoms with Crippen LogP contribution < -0.4 is 10.6 Å². The lowest BCUT2D eigenvalue weighted by atomic mass is 10.2. The molecule has 0 fully saturated rings. The summed E-state index contributed by atoms with van der Waals surface area (Å²) in [4.78, 5) is 30.8. The number of halogens is 4. The van der Waals surface area contributed by atoms with Gasteiger partial charge in [0.05, 0.1) is 21.9 Å². The summed E-state index contributed by atoms with van der Waals surface area (Å²) in [6.07, 6.45) is 4.05. The highest BCUT2D eigenvalue weighted by Crippen LogP contribution is 2.34. The standard InChI is InChI=1S/C13H8Cl3FN4O2/c14-7-3-6(20-13(23)11(16)17)4-8(15)10(7)21-12(22)9-5-18-1-2-19-9/h1-5,11H,(H,20,23)(H,21,22). The van der Waals surface area contributed by atoms with Crippen LogP contribution in [0.3, 0.4) is 0 Å². The van der Waals surface area contributed by atoms with Crippen molar-refractivity contribution in [3.63, 3.8) is 0 Å². The van der Waals surface area contributed by atoms with Crippen molar-refractivity contribution < 1.29 is 14.0 Å². The number of anilines is 2. The Morgan fingerprint density at radius 3 is 2.30 bits per heavy atom. The van der Waals surface area contributed by atoms with Gasteiger partial charge in [0.25, 0.3) is 17.4 Å². The number of nitrogens with one attached hydrogen (secondary N) is 2. The molecule has 2 N–H and O–H groups in total. The molecule has 0 spiro atoms. The number of amides is 2. The minimum Gasteiger partial charge on any atom is -0.322 e. The molecule has 0 saturated carbocycles. The zero-order chi connectivity index (χ0) is 17.0. The van der Waals surface area contributed by atoms with Crippen LogP contribution >= 0.6 is 34.8 Å². The first-order chi connectivity index (χ1) is 10.9. The highest BCUT2D eigenvalue weighted by molar-refractivity contribution is 6.40. The van der Waals surface area contributed by atoms with E-state index in [0.717, 1.165) is 0 Å². The van der Waals surface area contributed by atoms with Crippen molar-refractivity contribution >= 4 is 58.0 Å². The van der Waals surface area contributed by atoms with Crippen LogP contribution in [0.15, 0.2) is 30.7 Å². The Kier molecular flexibility index (Phi) is 5.70. The van der Waals surface area contributed by atoms with Gasteiger partial charge < -0.3 is 10.6 Å². The van der Waals surface area contributed by atoms with Crippen molar-refractivity contribution in [3.05, 3.63) is 46.5 Å². The van der Waals surface area contributed by atoms with Crippen LogP contribution in [0.25, 0.3) is 0 Å². The van der Waals surface area contributed by atoms with Crippen LogP contribution in [0, 0.1) is 0 Å². The number of benzene rings is 1. The van der Waals surface area contributed by atoms with Crippen LogP contribution in [0.2, 0.25) is 10.0 Å². The van der Waals surface area contributed by atoms with Crippen molar-refractivity contribution in [1.82, 2.24) is 9.97 Å². The lowest BCUT2D eigenvalue weighted by Gasteiger charge is -2.12. The molecule has 1 aromatic carbocycles. The molecule has 23 heavy (non-hydrogen) atoms. The van der Waals surface area contributed by atoms with Crippen LogP contribution in [0.4, 0.5) is 15.8 Å². The van der Waals surface area contributed by atoms with Crippen LogP contribution in [-0.2, 0) is 4.79 Å². The van der Waals surface area contributed by atoms with E-state index in [-0.39, 0.29) is 27.1 Å². The van der Waals surface area contributed by atoms with Gasteiger partial charge in [0.1, 0.15) is 5.69 Å². The van der Waals surface area contributed by atoms with Gasteiger partial charge in [-0.05, 0) is 12.1 Å². The highest BCUT2D eigenvalue weighted by atomic mass is 35.5. The molecule has 6 nitrogen and oxygen atoms in total. The van der Waals surface area contributed by atoms with Crippen molar-refractivity contribution in [1.29, 1.82) is 0 Å². The summed E-state index contributed by atoms with van der Waals surface area (Å²) < 4.78 is 12.6. The monoisotopic (exact) mass is 376 g/mol. The van der Waals surface area contributed by atoms with Gasteiger partial charge in [-0.15, -0.1) is 0 Å². The number of hydrogen-bond acceptors (Lipinski definition) is 4. The SMILES string of the molecule is O=C(Nc1c(Cl)cc(NC(=O)C(F)Cl)cc1Cl)c1cnccn1. The van der Waals surface area contributed by atoms with Gasteiger partial charge in [0.2, 0.25) is 0 Å². The number of carbonyl (C=O) groups excluding carboxylic acids is 2. The van der Waals surface area contributed by atoms with Gasteiger partial charge in [-0.2, -0.15) is 0 Å². The first-order valence-electron chi connectivity index (χ1n) is 6.04. The number of aromatic nitrogens is 2. The third-order valence-corrected chi connectivity index (χ3v) is 3.34. The number of rotatable bonds is 4. The van der Waals surface area contributed by atoms with E-state index in [9.17, 15) is 14.0 Å². The van der Waals surface area contributed by atoms with Crippen LogP contribution in [0.1, 0.15) is 10.5 Å². The van der Waals surface area contributed by atoms with Gasteiger partial charge in [-0.3, -0.25) is 14.6 Å². The van der Waals surface area contributed by atoms with Gasteiger partial charge in [-0.25, -0.2) is 9.37 Å². The molecular formula is C13H8Cl3FN4O2. The zero-order valence-corrected chi connectivity index (χ0v) is 13.5. The fourth-order valence-corrected chi connectivity index (χ4v) is 2.19. The highest BCUT2D eigenvalue weighted by Gasteiger charge is 2.17. The summed E-state index contributed by atoms with van der Waals surface area (Å²) in [7, 11) is 0. The number of hydrogen-bond donors (Lipinski definition) is 2. The summed E-state index contributed by atoms with van der Waals surface area (Å²) >= 11 is 17.0. The average Bonchev–Trinajstić information content (AvgIpc) is 2.51. The minimum atomic E-state index is -2.21. The second-order valence-corrected chi connectivity index (χ2v) is 5.35. The Morgan fingerprint density at radius 2 is 1.78 bits per heavy atom. The average molecular weight is 378 g/mol. The van der Waals surface area contributed by atoms with Gasteiger partial charge >= 0.3 is 0 Å². The Bertz CT molecular complexity index is 720. The Labute approximate surface area is 145 Å². The second kappa shape index (κ2) is 7.54. The maximum atomic E-state index is 12.6. The lowest BCUT2D eigenvalue weighted by molar-refractivity contribution is -0.118. The quantitative estimate of drug-likeness (QED) is 0.799. The second-order valence-electron chi connectivity index (χ2n) is 4.15. The fourth-order valence-electron chi connectivity index (χ4n) is 1.56. The van der Waals surface area contributed by atoms with Crippen LogP contribution in [-0.4, -0.2) is 27.4 Å². The van der Waals surface area contributed by atoms with Gasteiger partial charge in [0.15, 0.2) is 0 Å². The Balaban J connectivity index is 2.21. The molecule has 2 aromatic rings. The summed E-state index contributed by atoms with van der Waals surface area (Å²) in [5, 5.41) is 4.74. The first-order valence-corrected chi connectivity index (χ1v) is 7.23. The smallest absolute Gasteiger partial charge is 0.275 e. The van der Waals surface area contributed by atoms with Crippen molar-refractivity contribution in [2.75, 3.05) is 10.6 Å². The Morgan fingerprint density at radius 1 is 1.13 bits per heavy atom. The topological polar surface area (TPSA) is 84.0 Å². The molecule has 0 aliphatic rings. The molecule has 10 heteroatoms. The maximum Gasteiger partial charge on any atom is 0.275 e. The first kappa shape index (κ1) is 17.4. The van der Waals surface area contributed by atoms with E-state index >= 15 is 0 Å². The zero-order valence-electron chi connectivity index (χ0n) is 11.2. The van der Waals surface area contributed by atoms with E-state index in [1.54, 1.807) is 0 Å². The predicted octanol–water partition coefficient (Wildman–Crippen LogP) is 3.51. The molecule has 1 aromatic heterocycles. The van der Waals surface area contributed by atoms with Crippen molar-refractivity contribution in [2.24, 2.45) is 0 Å². The Hall–Kier alpha value is -1.96. The lowest BCUT2D eigenvalue weighted by Crippen LogP contribution is -2.19. The third-order valence-electron chi connectivity index (χ3n) is 2.54. The normalized spacial score (nSPS) is 11.7. The fraction of sp³-hybridized carbons (Fsp3) is 0.0769. The van der Waals surface area contributed by atoms with E-state index in [1.807, 2.05) is 0 Å². The molecule has 120 valence electrons. The van der Waals surface area contributed by atoms with Gasteiger partial charge in [0, 0.05) is 18.1 Å². The molecule has 0 aliphatic carbocycles. The van der Waals surface area contributed by atoms with Crippen LogP contribution in [0.5, 0.6) is 0 Å². The molecule has 2 rings (SSSR count). The van der Waals surface area contributed by atoms with E-state index in [0.29, 0.717) is 0 Å². The van der Waals surface area contributed by atoms with Gasteiger partial charge in [-0.1, -0.05) is 34.8 Å². The molecule has 1 atom stereocenters. The van der Waals surface area contributed by atoms with E-state index < -0.39 is 17.4 Å². The molecule has 0 bridgehead atoms. The minimum absolute atomic E-state index is 0.0371. The predicted molar refractivity (Wildman–Crippen MR) is 85.8 cm³/mol.